The summed E-state index contributed by atoms with van der Waals surface area (Å²) in [6.07, 6.45) is -6.71. The number of nitrogens with one attached hydrogen (secondary N) is 1. The molecule has 0 unspecified atom stereocenters. The first kappa shape index (κ1) is 26.9. The second-order valence-electron chi connectivity index (χ2n) is 5.36. The Labute approximate surface area is 164 Å². The van der Waals surface area contributed by atoms with E-state index in [0.717, 1.165) is 25.9 Å². The second-order valence-corrected chi connectivity index (χ2v) is 5.36. The Morgan fingerprint density at radius 2 is 1.40 bits per heavy atom. The molecule has 0 amide bonds. The molecule has 30 heavy (non-hydrogen) atoms. The Hall–Kier alpha value is -3.10. The number of rotatable bonds is 3. The number of piperidine rings is 1. The van der Waals surface area contributed by atoms with Crippen LogP contribution < -0.4 is 10.1 Å². The maximum atomic E-state index is 10.8. The van der Waals surface area contributed by atoms with Crippen molar-refractivity contribution in [2.45, 2.75) is 31.3 Å². The van der Waals surface area contributed by atoms with Gasteiger partial charge in [-0.05, 0) is 32.0 Å². The van der Waals surface area contributed by atoms with Crippen molar-refractivity contribution < 1.29 is 60.8 Å². The molecular weight excluding hydrogens is 434 g/mol. The maximum Gasteiger partial charge on any atom is 0.490 e. The van der Waals surface area contributed by atoms with Crippen LogP contribution in [0.1, 0.15) is 23.2 Å². The lowest BCUT2D eigenvalue weighted by Gasteiger charge is -2.23. The van der Waals surface area contributed by atoms with Crippen molar-refractivity contribution in [1.29, 1.82) is 0 Å². The van der Waals surface area contributed by atoms with Gasteiger partial charge in [-0.1, -0.05) is 0 Å². The van der Waals surface area contributed by atoms with E-state index in [1.807, 2.05) is 0 Å². The van der Waals surface area contributed by atoms with E-state index in [4.69, 9.17) is 29.6 Å². The summed E-state index contributed by atoms with van der Waals surface area (Å²) >= 11 is 0. The highest BCUT2D eigenvalue weighted by Crippen LogP contribution is 2.15. The number of aromatic nitrogens is 1. The van der Waals surface area contributed by atoms with Crippen LogP contribution in [0.25, 0.3) is 0 Å². The quantitative estimate of drug-likeness (QED) is 0.509. The highest BCUT2D eigenvalue weighted by Gasteiger charge is 2.38. The highest BCUT2D eigenvalue weighted by atomic mass is 19.4. The van der Waals surface area contributed by atoms with Gasteiger partial charge in [0.1, 0.15) is 6.10 Å². The van der Waals surface area contributed by atoms with E-state index in [1.54, 1.807) is 0 Å². The number of hydrogen-bond donors (Lipinski definition) is 4. The Balaban J connectivity index is 0.000000503. The molecule has 1 aromatic heterocycles. The van der Waals surface area contributed by atoms with Crippen LogP contribution in [0.5, 0.6) is 5.88 Å². The fourth-order valence-corrected chi connectivity index (χ4v) is 1.69. The van der Waals surface area contributed by atoms with Gasteiger partial charge in [-0.3, -0.25) is 0 Å². The number of alkyl halides is 6. The lowest BCUT2D eigenvalue weighted by atomic mass is 10.1. The van der Waals surface area contributed by atoms with Crippen LogP contribution in [0, 0.1) is 0 Å². The van der Waals surface area contributed by atoms with Gasteiger partial charge in [0.2, 0.25) is 5.88 Å². The minimum absolute atomic E-state index is 0.137. The number of ether oxygens (including phenoxy) is 1. The van der Waals surface area contributed by atoms with Crippen molar-refractivity contribution in [3.8, 4) is 5.88 Å². The molecule has 1 aromatic rings. The van der Waals surface area contributed by atoms with E-state index in [1.165, 1.54) is 18.3 Å². The summed E-state index contributed by atoms with van der Waals surface area (Å²) in [4.78, 5) is 32.6. The third kappa shape index (κ3) is 11.7. The van der Waals surface area contributed by atoms with Crippen LogP contribution in [0.15, 0.2) is 18.3 Å². The Morgan fingerprint density at radius 1 is 0.967 bits per heavy atom. The number of nitrogens with zero attached hydrogens (tertiary/aromatic N) is 1. The smallest absolute Gasteiger partial charge is 0.478 e. The predicted molar refractivity (Wildman–Crippen MR) is 85.1 cm³/mol. The van der Waals surface area contributed by atoms with Gasteiger partial charge in [-0.15, -0.1) is 0 Å². The number of aromatic carboxylic acids is 1. The van der Waals surface area contributed by atoms with Crippen molar-refractivity contribution in [2.24, 2.45) is 0 Å². The standard InChI is InChI=1S/C11H14N2O3.2C2HF3O2/c14-11(15)8-1-6-13-10(7-8)16-9-2-4-12-5-3-9;2*3-2(4,5)1(6)7/h1,6-7,9,12H,2-5H2,(H,14,15);2*(H,6,7). The lowest BCUT2D eigenvalue weighted by molar-refractivity contribution is -0.193. The molecule has 170 valence electrons. The Morgan fingerprint density at radius 3 is 1.77 bits per heavy atom. The van der Waals surface area contributed by atoms with E-state index >= 15 is 0 Å². The first-order valence-electron chi connectivity index (χ1n) is 7.81. The van der Waals surface area contributed by atoms with Gasteiger partial charge < -0.3 is 25.4 Å². The van der Waals surface area contributed by atoms with E-state index in [2.05, 4.69) is 10.3 Å². The van der Waals surface area contributed by atoms with Crippen molar-refractivity contribution in [3.05, 3.63) is 23.9 Å². The van der Waals surface area contributed by atoms with Crippen molar-refractivity contribution >= 4 is 17.9 Å². The zero-order valence-corrected chi connectivity index (χ0v) is 14.8. The van der Waals surface area contributed by atoms with E-state index < -0.39 is 30.3 Å². The summed E-state index contributed by atoms with van der Waals surface area (Å²) < 4.78 is 69.1. The van der Waals surface area contributed by atoms with Gasteiger partial charge >= 0.3 is 30.3 Å². The highest BCUT2D eigenvalue weighted by molar-refractivity contribution is 5.87. The number of pyridine rings is 1. The summed E-state index contributed by atoms with van der Waals surface area (Å²) in [6.45, 7) is 1.87. The molecule has 0 spiro atoms. The first-order valence-corrected chi connectivity index (χ1v) is 7.81. The molecule has 0 bridgehead atoms. The molecule has 4 N–H and O–H groups in total. The van der Waals surface area contributed by atoms with Crippen LogP contribution in [-0.2, 0) is 9.59 Å². The number of carbonyl (C=O) groups is 3. The molecule has 9 nitrogen and oxygen atoms in total. The number of carboxylic acid groups (broad SMARTS) is 3. The topological polar surface area (TPSA) is 146 Å². The van der Waals surface area contributed by atoms with Crippen LogP contribution in [-0.4, -0.2) is 69.8 Å². The number of carboxylic acids is 3. The summed E-state index contributed by atoms with van der Waals surface area (Å²) in [5.41, 5.74) is 0.207. The molecular formula is C15H16F6N2O7. The Kier molecular flexibility index (Phi) is 10.6. The van der Waals surface area contributed by atoms with Gasteiger partial charge in [0.25, 0.3) is 0 Å². The third-order valence-electron chi connectivity index (χ3n) is 3.04. The SMILES string of the molecule is O=C(O)C(F)(F)F.O=C(O)C(F)(F)F.O=C(O)c1ccnc(OC2CCNCC2)c1. The van der Waals surface area contributed by atoms with E-state index in [0.29, 0.717) is 5.88 Å². The van der Waals surface area contributed by atoms with Crippen LogP contribution >= 0.6 is 0 Å². The molecule has 0 saturated carbocycles. The number of halogens is 6. The molecule has 1 aliphatic heterocycles. The monoisotopic (exact) mass is 450 g/mol. The molecule has 0 aromatic carbocycles. The third-order valence-corrected chi connectivity index (χ3v) is 3.04. The zero-order valence-electron chi connectivity index (χ0n) is 14.8. The summed E-state index contributed by atoms with van der Waals surface area (Å²) in [6, 6.07) is 2.92. The number of hydrogen-bond acceptors (Lipinski definition) is 6. The lowest BCUT2D eigenvalue weighted by Crippen LogP contribution is -2.34. The molecule has 2 heterocycles. The van der Waals surface area contributed by atoms with Crippen LogP contribution in [0.4, 0.5) is 26.3 Å². The van der Waals surface area contributed by atoms with Gasteiger partial charge in [0.15, 0.2) is 0 Å². The maximum absolute atomic E-state index is 10.8. The summed E-state index contributed by atoms with van der Waals surface area (Å²) in [5.74, 6) is -6.08. The van der Waals surface area contributed by atoms with E-state index in [9.17, 15) is 31.1 Å². The van der Waals surface area contributed by atoms with Crippen LogP contribution in [0.3, 0.4) is 0 Å². The second kappa shape index (κ2) is 11.8. The molecule has 1 saturated heterocycles. The summed E-state index contributed by atoms with van der Waals surface area (Å²) in [5, 5.41) is 26.3. The average Bonchev–Trinajstić information content (AvgIpc) is 2.62. The average molecular weight is 450 g/mol. The largest absolute Gasteiger partial charge is 0.490 e. The summed E-state index contributed by atoms with van der Waals surface area (Å²) in [7, 11) is 0. The molecule has 1 aliphatic rings. The molecule has 0 atom stereocenters. The predicted octanol–water partition coefficient (Wildman–Crippen LogP) is 2.18. The molecule has 0 aliphatic carbocycles. The molecule has 1 fully saturated rings. The normalized spacial score (nSPS) is 14.3. The van der Waals surface area contributed by atoms with Gasteiger partial charge in [0.05, 0.1) is 5.56 Å². The van der Waals surface area contributed by atoms with Crippen LogP contribution in [0.2, 0.25) is 0 Å². The van der Waals surface area contributed by atoms with Crippen molar-refractivity contribution in [3.63, 3.8) is 0 Å². The number of aliphatic carboxylic acids is 2. The molecule has 15 heteroatoms. The van der Waals surface area contributed by atoms with E-state index in [-0.39, 0.29) is 11.7 Å². The minimum atomic E-state index is -5.08. The minimum Gasteiger partial charge on any atom is -0.478 e. The first-order chi connectivity index (χ1) is 13.6. The fourth-order valence-electron chi connectivity index (χ4n) is 1.69. The molecule has 0 radical (unpaired) electrons. The Bertz CT molecular complexity index is 694. The van der Waals surface area contributed by atoms with Gasteiger partial charge in [0, 0.05) is 12.3 Å². The zero-order chi connectivity index (χ0) is 23.5. The molecule has 2 rings (SSSR count). The van der Waals surface area contributed by atoms with Gasteiger partial charge in [-0.25, -0.2) is 19.4 Å². The fraction of sp³-hybridized carbons (Fsp3) is 0.467. The van der Waals surface area contributed by atoms with Crippen molar-refractivity contribution in [1.82, 2.24) is 10.3 Å². The van der Waals surface area contributed by atoms with Gasteiger partial charge in [-0.2, -0.15) is 26.3 Å². The van der Waals surface area contributed by atoms with Crippen molar-refractivity contribution in [2.75, 3.05) is 13.1 Å².